The number of amides is 2. The van der Waals surface area contributed by atoms with Crippen molar-refractivity contribution in [2.75, 3.05) is 16.0 Å². The lowest BCUT2D eigenvalue weighted by molar-refractivity contribution is -0.116. The summed E-state index contributed by atoms with van der Waals surface area (Å²) in [6.45, 7) is 4.30. The van der Waals surface area contributed by atoms with Crippen LogP contribution in [-0.2, 0) is 16.0 Å². The third-order valence-electron chi connectivity index (χ3n) is 5.65. The van der Waals surface area contributed by atoms with Crippen molar-refractivity contribution in [2.24, 2.45) is 0 Å². The Morgan fingerprint density at radius 3 is 2.41 bits per heavy atom. The zero-order valence-electron chi connectivity index (χ0n) is 18.5. The van der Waals surface area contributed by atoms with Gasteiger partial charge in [0.05, 0.1) is 5.75 Å². The van der Waals surface area contributed by atoms with E-state index in [0.29, 0.717) is 18.1 Å². The Bertz CT molecular complexity index is 1080. The second-order valence-electron chi connectivity index (χ2n) is 8.30. The molecule has 4 rings (SSSR count). The molecule has 1 heterocycles. The van der Waals surface area contributed by atoms with Crippen LogP contribution in [0.15, 0.2) is 78.9 Å². The lowest BCUT2D eigenvalue weighted by Gasteiger charge is -2.27. The van der Waals surface area contributed by atoms with Crippen molar-refractivity contribution >= 4 is 35.0 Å². The topological polar surface area (TPSA) is 49.4 Å². The summed E-state index contributed by atoms with van der Waals surface area (Å²) in [7, 11) is 0. The van der Waals surface area contributed by atoms with E-state index in [1.165, 1.54) is 5.56 Å². The molecule has 1 saturated heterocycles. The molecule has 0 saturated carbocycles. The van der Waals surface area contributed by atoms with Gasteiger partial charge in [0.2, 0.25) is 11.8 Å². The first-order chi connectivity index (χ1) is 15.5. The number of nitrogens with zero attached hydrogens (tertiary/aromatic N) is 1. The zero-order valence-corrected chi connectivity index (χ0v) is 19.3. The number of nitrogens with one attached hydrogen (secondary N) is 1. The van der Waals surface area contributed by atoms with Gasteiger partial charge < -0.3 is 5.32 Å². The normalized spacial score (nSPS) is 15.9. The predicted octanol–water partition coefficient (Wildman–Crippen LogP) is 6.16. The first kappa shape index (κ1) is 22.2. The number of hydrogen-bond acceptors (Lipinski definition) is 3. The van der Waals surface area contributed by atoms with Crippen LogP contribution in [0.2, 0.25) is 0 Å². The number of carbonyl (C=O) groups is 2. The Labute approximate surface area is 194 Å². The van der Waals surface area contributed by atoms with Crippen LogP contribution in [-0.4, -0.2) is 17.6 Å². The van der Waals surface area contributed by atoms with Crippen LogP contribution >= 0.6 is 11.8 Å². The molecule has 1 atom stereocenters. The van der Waals surface area contributed by atoms with Gasteiger partial charge >= 0.3 is 0 Å². The van der Waals surface area contributed by atoms with Crippen molar-refractivity contribution in [1.82, 2.24) is 0 Å². The van der Waals surface area contributed by atoms with Crippen LogP contribution in [0, 0.1) is 0 Å². The minimum atomic E-state index is -0.0646. The van der Waals surface area contributed by atoms with Gasteiger partial charge in [0.1, 0.15) is 5.37 Å². The molecular weight excluding hydrogens is 416 g/mol. The number of thioether (sulfide) groups is 1. The fourth-order valence-electron chi connectivity index (χ4n) is 3.98. The van der Waals surface area contributed by atoms with Gasteiger partial charge in [-0.3, -0.25) is 14.5 Å². The van der Waals surface area contributed by atoms with Crippen molar-refractivity contribution in [3.05, 3.63) is 95.6 Å². The van der Waals surface area contributed by atoms with Crippen LogP contribution in [0.4, 0.5) is 11.4 Å². The molecule has 3 aromatic carbocycles. The van der Waals surface area contributed by atoms with E-state index in [1.807, 2.05) is 77.7 Å². The first-order valence-corrected chi connectivity index (χ1v) is 12.0. The van der Waals surface area contributed by atoms with Crippen LogP contribution in [0.25, 0.3) is 0 Å². The summed E-state index contributed by atoms with van der Waals surface area (Å²) < 4.78 is 0. The molecule has 0 radical (unpaired) electrons. The summed E-state index contributed by atoms with van der Waals surface area (Å²) in [5, 5.41) is 2.91. The highest BCUT2D eigenvalue weighted by Crippen LogP contribution is 2.44. The second kappa shape index (κ2) is 10.0. The van der Waals surface area contributed by atoms with Crippen molar-refractivity contribution in [3.8, 4) is 0 Å². The summed E-state index contributed by atoms with van der Waals surface area (Å²) in [6, 6.07) is 26.0. The maximum absolute atomic E-state index is 12.8. The van der Waals surface area contributed by atoms with Gasteiger partial charge in [-0.05, 0) is 47.2 Å². The number of benzene rings is 3. The SMILES string of the molecule is CC(C)c1ccccc1N1C(=O)CS[C@@H]1c1ccc(NC(=O)CCc2ccccc2)cc1. The van der Waals surface area contributed by atoms with Crippen LogP contribution in [0.5, 0.6) is 0 Å². The van der Waals surface area contributed by atoms with Gasteiger partial charge in [0, 0.05) is 17.8 Å². The Kier molecular flexibility index (Phi) is 6.96. The first-order valence-electron chi connectivity index (χ1n) is 11.0. The molecule has 5 heteroatoms. The third kappa shape index (κ3) is 5.05. The molecule has 1 fully saturated rings. The summed E-state index contributed by atoms with van der Waals surface area (Å²) in [6.07, 6.45) is 1.16. The lowest BCUT2D eigenvalue weighted by atomic mass is 10.00. The van der Waals surface area contributed by atoms with E-state index in [2.05, 4.69) is 25.2 Å². The second-order valence-corrected chi connectivity index (χ2v) is 9.36. The van der Waals surface area contributed by atoms with Crippen LogP contribution in [0.1, 0.15) is 48.3 Å². The predicted molar refractivity (Wildman–Crippen MR) is 133 cm³/mol. The molecule has 0 aliphatic carbocycles. The van der Waals surface area contributed by atoms with E-state index in [1.54, 1.807) is 11.8 Å². The summed E-state index contributed by atoms with van der Waals surface area (Å²) in [4.78, 5) is 27.0. The van der Waals surface area contributed by atoms with Gasteiger partial charge in [-0.25, -0.2) is 0 Å². The summed E-state index contributed by atoms with van der Waals surface area (Å²) in [5.41, 5.74) is 5.15. The molecule has 0 bridgehead atoms. The highest BCUT2D eigenvalue weighted by atomic mass is 32.2. The number of carbonyl (C=O) groups excluding carboxylic acids is 2. The minimum Gasteiger partial charge on any atom is -0.326 e. The van der Waals surface area contributed by atoms with Gasteiger partial charge in [0.25, 0.3) is 0 Å². The van der Waals surface area contributed by atoms with Gasteiger partial charge in [-0.15, -0.1) is 11.8 Å². The fraction of sp³-hybridized carbons (Fsp3) is 0.259. The molecule has 2 amide bonds. The Balaban J connectivity index is 1.45. The van der Waals surface area contributed by atoms with E-state index < -0.39 is 0 Å². The summed E-state index contributed by atoms with van der Waals surface area (Å²) >= 11 is 1.64. The Morgan fingerprint density at radius 2 is 1.69 bits per heavy atom. The fourth-order valence-corrected chi connectivity index (χ4v) is 5.15. The van der Waals surface area contributed by atoms with Crippen LogP contribution in [0.3, 0.4) is 0 Å². The summed E-state index contributed by atoms with van der Waals surface area (Å²) in [5.74, 6) is 0.930. The standard InChI is InChI=1S/C27H28N2O2S/c1-19(2)23-10-6-7-11-24(23)29-26(31)18-32-27(29)21-13-15-22(16-14-21)28-25(30)17-12-20-8-4-3-5-9-20/h3-11,13-16,19,27H,12,17-18H2,1-2H3,(H,28,30)/t27-/m1/s1. The monoisotopic (exact) mass is 444 g/mol. The zero-order chi connectivity index (χ0) is 22.5. The molecule has 32 heavy (non-hydrogen) atoms. The molecule has 0 unspecified atom stereocenters. The van der Waals surface area contributed by atoms with Crippen molar-refractivity contribution < 1.29 is 9.59 Å². The molecule has 164 valence electrons. The van der Waals surface area contributed by atoms with E-state index in [4.69, 9.17) is 0 Å². The molecule has 1 aliphatic heterocycles. The average Bonchev–Trinajstić information content (AvgIpc) is 3.20. The van der Waals surface area contributed by atoms with Gasteiger partial charge in [-0.2, -0.15) is 0 Å². The number of rotatable bonds is 7. The molecule has 4 nitrogen and oxygen atoms in total. The maximum Gasteiger partial charge on any atom is 0.238 e. The Hall–Kier alpha value is -3.05. The number of aryl methyl sites for hydroxylation is 1. The van der Waals surface area contributed by atoms with Crippen molar-refractivity contribution in [2.45, 2.75) is 38.0 Å². The molecule has 1 N–H and O–H groups in total. The van der Waals surface area contributed by atoms with E-state index in [9.17, 15) is 9.59 Å². The number of anilines is 2. The molecule has 0 spiro atoms. The number of para-hydroxylation sites is 1. The number of hydrogen-bond donors (Lipinski definition) is 1. The quantitative estimate of drug-likeness (QED) is 0.475. The Morgan fingerprint density at radius 1 is 1.00 bits per heavy atom. The largest absolute Gasteiger partial charge is 0.326 e. The highest BCUT2D eigenvalue weighted by molar-refractivity contribution is 8.00. The van der Waals surface area contributed by atoms with Gasteiger partial charge in [-0.1, -0.05) is 74.5 Å². The smallest absolute Gasteiger partial charge is 0.238 e. The third-order valence-corrected chi connectivity index (χ3v) is 6.86. The van der Waals surface area contributed by atoms with E-state index in [0.717, 1.165) is 28.9 Å². The minimum absolute atomic E-state index is 0.000454. The van der Waals surface area contributed by atoms with Gasteiger partial charge in [0.15, 0.2) is 0 Å². The molecule has 0 aromatic heterocycles. The molecular formula is C27H28N2O2S. The van der Waals surface area contributed by atoms with E-state index in [-0.39, 0.29) is 17.2 Å². The van der Waals surface area contributed by atoms with Crippen molar-refractivity contribution in [3.63, 3.8) is 0 Å². The van der Waals surface area contributed by atoms with Crippen molar-refractivity contribution in [1.29, 1.82) is 0 Å². The maximum atomic E-state index is 12.8. The highest BCUT2D eigenvalue weighted by Gasteiger charge is 2.35. The molecule has 1 aliphatic rings. The van der Waals surface area contributed by atoms with Crippen LogP contribution < -0.4 is 10.2 Å². The van der Waals surface area contributed by atoms with E-state index >= 15 is 0 Å². The molecule has 3 aromatic rings. The lowest BCUT2D eigenvalue weighted by Crippen LogP contribution is -2.29. The average molecular weight is 445 g/mol.